The molecule has 0 aliphatic carbocycles. The number of hydrogen-bond donors (Lipinski definition) is 2. The van der Waals surface area contributed by atoms with E-state index in [1.54, 1.807) is 0 Å². The van der Waals surface area contributed by atoms with Gasteiger partial charge in [-0.3, -0.25) is 4.79 Å². The number of rotatable bonds is 11. The molecule has 16 heavy (non-hydrogen) atoms. The standard InChI is InChI=1S/C13H25NO2/c14-12-10-8-6-4-2-1-3-5-7-9-11-13(15)16/h2,4H,1,3,5-12,14H2,(H,15,16). The second kappa shape index (κ2) is 12.2. The van der Waals surface area contributed by atoms with Gasteiger partial charge in [-0.25, -0.2) is 0 Å². The zero-order valence-corrected chi connectivity index (χ0v) is 10.2. The predicted octanol–water partition coefficient (Wildman–Crippen LogP) is 3.10. The summed E-state index contributed by atoms with van der Waals surface area (Å²) in [4.78, 5) is 10.2. The molecule has 0 spiro atoms. The molecule has 0 saturated carbocycles. The SMILES string of the molecule is NCCCCC=CCCCCCCC(=O)O. The van der Waals surface area contributed by atoms with Crippen LogP contribution >= 0.6 is 0 Å². The van der Waals surface area contributed by atoms with E-state index < -0.39 is 5.97 Å². The van der Waals surface area contributed by atoms with Crippen LogP contribution in [0, 0.1) is 0 Å². The minimum atomic E-state index is -0.681. The van der Waals surface area contributed by atoms with Crippen LogP contribution in [0.5, 0.6) is 0 Å². The molecule has 0 aliphatic heterocycles. The average Bonchev–Trinajstić information content (AvgIpc) is 2.25. The molecule has 94 valence electrons. The summed E-state index contributed by atoms with van der Waals surface area (Å²) < 4.78 is 0. The van der Waals surface area contributed by atoms with Crippen LogP contribution in [0.1, 0.15) is 57.8 Å². The van der Waals surface area contributed by atoms with E-state index in [0.29, 0.717) is 6.42 Å². The Hall–Kier alpha value is -0.830. The number of allylic oxidation sites excluding steroid dienone is 2. The first kappa shape index (κ1) is 15.2. The average molecular weight is 227 g/mol. The highest BCUT2D eigenvalue weighted by atomic mass is 16.4. The summed E-state index contributed by atoms with van der Waals surface area (Å²) in [5.74, 6) is -0.681. The van der Waals surface area contributed by atoms with E-state index in [0.717, 1.165) is 45.1 Å². The minimum Gasteiger partial charge on any atom is -0.481 e. The van der Waals surface area contributed by atoms with Crippen LogP contribution in [0.15, 0.2) is 12.2 Å². The lowest BCUT2D eigenvalue weighted by Gasteiger charge is -1.97. The first-order chi connectivity index (χ1) is 7.77. The van der Waals surface area contributed by atoms with Crippen LogP contribution in [0.25, 0.3) is 0 Å². The van der Waals surface area contributed by atoms with E-state index in [1.165, 1.54) is 12.8 Å². The van der Waals surface area contributed by atoms with Crippen molar-refractivity contribution in [2.75, 3.05) is 6.54 Å². The molecule has 0 rings (SSSR count). The maximum absolute atomic E-state index is 10.2. The van der Waals surface area contributed by atoms with Gasteiger partial charge in [-0.15, -0.1) is 0 Å². The van der Waals surface area contributed by atoms with Crippen molar-refractivity contribution >= 4 is 5.97 Å². The van der Waals surface area contributed by atoms with Gasteiger partial charge in [0.05, 0.1) is 0 Å². The first-order valence-corrected chi connectivity index (χ1v) is 6.34. The molecule has 0 radical (unpaired) electrons. The Labute approximate surface area is 98.7 Å². The Morgan fingerprint density at radius 3 is 2.06 bits per heavy atom. The predicted molar refractivity (Wildman–Crippen MR) is 67.4 cm³/mol. The molecule has 0 aromatic heterocycles. The van der Waals surface area contributed by atoms with Crippen molar-refractivity contribution in [2.24, 2.45) is 5.73 Å². The monoisotopic (exact) mass is 227 g/mol. The fourth-order valence-electron chi connectivity index (χ4n) is 1.53. The van der Waals surface area contributed by atoms with Crippen molar-refractivity contribution in [3.05, 3.63) is 12.2 Å². The Morgan fingerprint density at radius 1 is 0.938 bits per heavy atom. The van der Waals surface area contributed by atoms with E-state index in [1.807, 2.05) is 0 Å². The summed E-state index contributed by atoms with van der Waals surface area (Å²) in [6, 6.07) is 0. The third-order valence-electron chi connectivity index (χ3n) is 2.50. The molecule has 0 amide bonds. The van der Waals surface area contributed by atoms with Crippen molar-refractivity contribution < 1.29 is 9.90 Å². The molecule has 0 unspecified atom stereocenters. The maximum atomic E-state index is 10.2. The summed E-state index contributed by atoms with van der Waals surface area (Å²) in [6.45, 7) is 0.789. The summed E-state index contributed by atoms with van der Waals surface area (Å²) in [6.07, 6.45) is 13.5. The zero-order chi connectivity index (χ0) is 12.1. The van der Waals surface area contributed by atoms with Gasteiger partial charge in [0.1, 0.15) is 0 Å². The minimum absolute atomic E-state index is 0.314. The van der Waals surface area contributed by atoms with Gasteiger partial charge in [0, 0.05) is 6.42 Å². The van der Waals surface area contributed by atoms with E-state index in [2.05, 4.69) is 12.2 Å². The van der Waals surface area contributed by atoms with Gasteiger partial charge >= 0.3 is 5.97 Å². The third kappa shape index (κ3) is 13.2. The van der Waals surface area contributed by atoms with Crippen LogP contribution in [0.3, 0.4) is 0 Å². The van der Waals surface area contributed by atoms with Crippen LogP contribution in [-0.2, 0) is 4.79 Å². The van der Waals surface area contributed by atoms with Crippen molar-refractivity contribution in [3.63, 3.8) is 0 Å². The molecule has 3 nitrogen and oxygen atoms in total. The first-order valence-electron chi connectivity index (χ1n) is 6.34. The molecule has 0 aromatic rings. The number of aliphatic carboxylic acids is 1. The molecule has 0 saturated heterocycles. The lowest BCUT2D eigenvalue weighted by Crippen LogP contribution is -1.96. The van der Waals surface area contributed by atoms with Gasteiger partial charge in [-0.2, -0.15) is 0 Å². The van der Waals surface area contributed by atoms with Gasteiger partial charge in [-0.1, -0.05) is 25.0 Å². The van der Waals surface area contributed by atoms with E-state index in [-0.39, 0.29) is 0 Å². The number of carbonyl (C=O) groups is 1. The normalized spacial score (nSPS) is 11.1. The summed E-state index contributed by atoms with van der Waals surface area (Å²) in [7, 11) is 0. The molecule has 0 bridgehead atoms. The number of carboxylic acid groups (broad SMARTS) is 1. The second-order valence-electron chi connectivity index (χ2n) is 4.10. The van der Waals surface area contributed by atoms with Crippen molar-refractivity contribution in [2.45, 2.75) is 57.8 Å². The quantitative estimate of drug-likeness (QED) is 0.421. The zero-order valence-electron chi connectivity index (χ0n) is 10.2. The molecule has 0 aromatic carbocycles. The lowest BCUT2D eigenvalue weighted by atomic mass is 10.1. The second-order valence-corrected chi connectivity index (χ2v) is 4.10. The van der Waals surface area contributed by atoms with Crippen LogP contribution in [0.4, 0.5) is 0 Å². The van der Waals surface area contributed by atoms with Gasteiger partial charge in [0.2, 0.25) is 0 Å². The largest absolute Gasteiger partial charge is 0.481 e. The molecule has 0 atom stereocenters. The van der Waals surface area contributed by atoms with Crippen molar-refractivity contribution in [1.82, 2.24) is 0 Å². The highest BCUT2D eigenvalue weighted by Gasteiger charge is 1.95. The van der Waals surface area contributed by atoms with Gasteiger partial charge < -0.3 is 10.8 Å². The van der Waals surface area contributed by atoms with Crippen LogP contribution < -0.4 is 5.73 Å². The van der Waals surface area contributed by atoms with Crippen molar-refractivity contribution in [1.29, 1.82) is 0 Å². The Balaban J connectivity index is 3.05. The topological polar surface area (TPSA) is 63.3 Å². The lowest BCUT2D eigenvalue weighted by molar-refractivity contribution is -0.137. The Morgan fingerprint density at radius 2 is 1.50 bits per heavy atom. The Bertz CT molecular complexity index is 190. The van der Waals surface area contributed by atoms with Gasteiger partial charge in [0.15, 0.2) is 0 Å². The fourth-order valence-corrected chi connectivity index (χ4v) is 1.53. The summed E-state index contributed by atoms with van der Waals surface area (Å²) in [5.41, 5.74) is 5.39. The molecular weight excluding hydrogens is 202 g/mol. The molecule has 0 heterocycles. The number of unbranched alkanes of at least 4 members (excludes halogenated alkanes) is 6. The van der Waals surface area contributed by atoms with Gasteiger partial charge in [-0.05, 0) is 45.1 Å². The van der Waals surface area contributed by atoms with Gasteiger partial charge in [0.25, 0.3) is 0 Å². The molecule has 0 aliphatic rings. The van der Waals surface area contributed by atoms with E-state index in [9.17, 15) is 4.79 Å². The number of hydrogen-bond acceptors (Lipinski definition) is 2. The molecule has 3 heteroatoms. The molecule has 0 fully saturated rings. The van der Waals surface area contributed by atoms with Crippen molar-refractivity contribution in [3.8, 4) is 0 Å². The Kier molecular flexibility index (Phi) is 11.6. The molecule has 3 N–H and O–H groups in total. The molecular formula is C13H25NO2. The smallest absolute Gasteiger partial charge is 0.303 e. The third-order valence-corrected chi connectivity index (χ3v) is 2.50. The van der Waals surface area contributed by atoms with Crippen LogP contribution in [-0.4, -0.2) is 17.6 Å². The fraction of sp³-hybridized carbons (Fsp3) is 0.769. The highest BCUT2D eigenvalue weighted by Crippen LogP contribution is 2.06. The van der Waals surface area contributed by atoms with E-state index >= 15 is 0 Å². The van der Waals surface area contributed by atoms with E-state index in [4.69, 9.17) is 10.8 Å². The maximum Gasteiger partial charge on any atom is 0.303 e. The number of carboxylic acids is 1. The summed E-state index contributed by atoms with van der Waals surface area (Å²) in [5, 5.41) is 8.44. The highest BCUT2D eigenvalue weighted by molar-refractivity contribution is 5.66. The van der Waals surface area contributed by atoms with Crippen LogP contribution in [0.2, 0.25) is 0 Å². The number of nitrogens with two attached hydrogens (primary N) is 1. The summed E-state index contributed by atoms with van der Waals surface area (Å²) >= 11 is 0.